The van der Waals surface area contributed by atoms with Crippen LogP contribution in [0, 0.1) is 6.92 Å². The molecule has 0 radical (unpaired) electrons. The first-order valence-corrected chi connectivity index (χ1v) is 10.3. The Bertz CT molecular complexity index is 912. The smallest absolute Gasteiger partial charge is 0.255 e. The molecular weight excluding hydrogens is 397 g/mol. The van der Waals surface area contributed by atoms with Crippen molar-refractivity contribution in [2.45, 2.75) is 19.9 Å². The molecule has 1 aromatic heterocycles. The fourth-order valence-corrected chi connectivity index (χ4v) is 4.37. The molecule has 0 atom stereocenters. The van der Waals surface area contributed by atoms with Gasteiger partial charge in [-0.15, -0.1) is 0 Å². The van der Waals surface area contributed by atoms with E-state index in [4.69, 9.17) is 28.2 Å². The summed E-state index contributed by atoms with van der Waals surface area (Å²) in [5.74, 6) is 1.69. The minimum Gasteiger partial charge on any atom is -0.345 e. The predicted molar refractivity (Wildman–Crippen MR) is 111 cm³/mol. The summed E-state index contributed by atoms with van der Waals surface area (Å²) in [7, 11) is 2.22. The number of rotatable bonds is 2. The van der Waals surface area contributed by atoms with Gasteiger partial charge in [0.2, 0.25) is 0 Å². The van der Waals surface area contributed by atoms with Crippen LogP contribution in [0.3, 0.4) is 0 Å². The number of halogens is 2. The molecule has 1 saturated heterocycles. The van der Waals surface area contributed by atoms with Crippen LogP contribution in [0.4, 0.5) is 5.82 Å². The number of carbonyl (C=O) groups excluding carboxylic acids is 1. The minimum absolute atomic E-state index is 0.0818. The van der Waals surface area contributed by atoms with Gasteiger partial charge < -0.3 is 14.7 Å². The van der Waals surface area contributed by atoms with Gasteiger partial charge in [0.25, 0.3) is 5.91 Å². The molecule has 1 N–H and O–H groups in total. The molecule has 6 nitrogen and oxygen atoms in total. The summed E-state index contributed by atoms with van der Waals surface area (Å²) in [4.78, 5) is 28.2. The average Bonchev–Trinajstić information content (AvgIpc) is 2.67. The molecule has 2 aliphatic heterocycles. The lowest BCUT2D eigenvalue weighted by Crippen LogP contribution is -3.12. The molecule has 28 heavy (non-hydrogen) atoms. The fourth-order valence-electron chi connectivity index (χ4n) is 3.89. The van der Waals surface area contributed by atoms with Crippen molar-refractivity contribution in [3.05, 3.63) is 50.9 Å². The highest BCUT2D eigenvalue weighted by atomic mass is 35.5. The maximum atomic E-state index is 13.1. The summed E-state index contributed by atoms with van der Waals surface area (Å²) >= 11 is 12.2. The van der Waals surface area contributed by atoms with Crippen LogP contribution in [0.25, 0.3) is 0 Å². The van der Waals surface area contributed by atoms with Crippen LogP contribution in [-0.2, 0) is 13.0 Å². The molecule has 1 fully saturated rings. The van der Waals surface area contributed by atoms with E-state index in [9.17, 15) is 4.79 Å². The Balaban J connectivity index is 1.63. The molecule has 0 aliphatic carbocycles. The zero-order valence-corrected chi connectivity index (χ0v) is 17.6. The second kappa shape index (κ2) is 7.85. The first kappa shape index (κ1) is 19.4. The maximum Gasteiger partial charge on any atom is 0.255 e. The number of aryl methyl sites for hydroxylation is 1. The number of quaternary nitrogens is 1. The lowest BCUT2D eigenvalue weighted by Gasteiger charge is -2.35. The van der Waals surface area contributed by atoms with Crippen LogP contribution in [0.1, 0.15) is 27.4 Å². The number of amides is 1. The van der Waals surface area contributed by atoms with Crippen LogP contribution in [0.5, 0.6) is 0 Å². The Hall–Kier alpha value is -1.89. The number of aromatic nitrogens is 2. The average molecular weight is 421 g/mol. The Morgan fingerprint density at radius 3 is 2.61 bits per heavy atom. The number of benzene rings is 1. The molecule has 1 aromatic carbocycles. The molecule has 0 saturated carbocycles. The quantitative estimate of drug-likeness (QED) is 0.801. The van der Waals surface area contributed by atoms with Crippen molar-refractivity contribution in [3.8, 4) is 0 Å². The molecule has 0 spiro atoms. The lowest BCUT2D eigenvalue weighted by atomic mass is 10.0. The number of fused-ring (bicyclic) bond motifs is 1. The van der Waals surface area contributed by atoms with Gasteiger partial charge in [-0.1, -0.05) is 23.2 Å². The Labute approximate surface area is 175 Å². The number of piperazine rings is 1. The molecule has 8 heteroatoms. The van der Waals surface area contributed by atoms with E-state index in [1.165, 1.54) is 4.90 Å². The van der Waals surface area contributed by atoms with Crippen molar-refractivity contribution in [3.63, 3.8) is 0 Å². The number of hydrogen-bond donors (Lipinski definition) is 1. The summed E-state index contributed by atoms with van der Waals surface area (Å²) < 4.78 is 0. The van der Waals surface area contributed by atoms with E-state index < -0.39 is 0 Å². The third-order valence-electron chi connectivity index (χ3n) is 5.52. The van der Waals surface area contributed by atoms with Gasteiger partial charge in [0.1, 0.15) is 11.6 Å². The molecule has 148 valence electrons. The third-order valence-corrected chi connectivity index (χ3v) is 6.06. The first-order chi connectivity index (χ1) is 13.4. The van der Waals surface area contributed by atoms with E-state index in [0.29, 0.717) is 28.7 Å². The number of nitrogens with zero attached hydrogens (tertiary/aromatic N) is 4. The highest BCUT2D eigenvalue weighted by Crippen LogP contribution is 2.29. The van der Waals surface area contributed by atoms with Gasteiger partial charge >= 0.3 is 0 Å². The predicted octanol–water partition coefficient (Wildman–Crippen LogP) is 1.63. The van der Waals surface area contributed by atoms with Crippen LogP contribution in [0.2, 0.25) is 10.0 Å². The molecule has 1 amide bonds. The standard InChI is InChI=1S/C20H23Cl2N5O/c1-13-23-18-5-6-27(20(28)15-4-3-14(21)11-17(15)22)12-16(18)19(24-13)26-9-7-25(2)8-10-26/h3-4,11H,5-10,12H2,1-2H3/p+1. The zero-order valence-electron chi connectivity index (χ0n) is 16.1. The Morgan fingerprint density at radius 1 is 1.14 bits per heavy atom. The number of hydrogen-bond acceptors (Lipinski definition) is 4. The zero-order chi connectivity index (χ0) is 19.8. The van der Waals surface area contributed by atoms with Crippen molar-refractivity contribution in [1.82, 2.24) is 14.9 Å². The lowest BCUT2D eigenvalue weighted by molar-refractivity contribution is -0.880. The van der Waals surface area contributed by atoms with E-state index in [1.54, 1.807) is 18.2 Å². The second-order valence-electron chi connectivity index (χ2n) is 7.56. The van der Waals surface area contributed by atoms with Gasteiger partial charge in [-0.2, -0.15) is 0 Å². The second-order valence-corrected chi connectivity index (χ2v) is 8.41. The number of anilines is 1. The molecule has 0 bridgehead atoms. The van der Waals surface area contributed by atoms with E-state index >= 15 is 0 Å². The Kier molecular flexibility index (Phi) is 5.45. The maximum absolute atomic E-state index is 13.1. The van der Waals surface area contributed by atoms with Gasteiger partial charge in [0, 0.05) is 23.6 Å². The summed E-state index contributed by atoms with van der Waals surface area (Å²) in [5.41, 5.74) is 2.60. The molecule has 4 rings (SSSR count). The molecule has 0 unspecified atom stereocenters. The summed E-state index contributed by atoms with van der Waals surface area (Å²) in [6.45, 7) is 7.16. The molecular formula is C20H24Cl2N5O+. The highest BCUT2D eigenvalue weighted by molar-refractivity contribution is 6.36. The van der Waals surface area contributed by atoms with E-state index in [1.807, 2.05) is 11.8 Å². The molecule has 2 aliphatic rings. The Morgan fingerprint density at radius 2 is 1.89 bits per heavy atom. The van der Waals surface area contributed by atoms with Crippen LogP contribution in [0.15, 0.2) is 18.2 Å². The van der Waals surface area contributed by atoms with Gasteiger partial charge in [-0.3, -0.25) is 4.79 Å². The normalized spacial score (nSPS) is 17.6. The van der Waals surface area contributed by atoms with Crippen LogP contribution >= 0.6 is 23.2 Å². The van der Waals surface area contributed by atoms with E-state index in [2.05, 4.69) is 16.9 Å². The number of nitrogens with one attached hydrogen (secondary N) is 1. The minimum atomic E-state index is -0.0818. The highest BCUT2D eigenvalue weighted by Gasteiger charge is 2.29. The van der Waals surface area contributed by atoms with Gasteiger partial charge in [0.15, 0.2) is 0 Å². The van der Waals surface area contributed by atoms with Gasteiger partial charge in [-0.05, 0) is 25.1 Å². The van der Waals surface area contributed by atoms with Crippen LogP contribution < -0.4 is 9.80 Å². The monoisotopic (exact) mass is 420 g/mol. The number of carbonyl (C=O) groups is 1. The van der Waals surface area contributed by atoms with Crippen molar-refractivity contribution in [1.29, 1.82) is 0 Å². The van der Waals surface area contributed by atoms with Crippen molar-refractivity contribution < 1.29 is 9.69 Å². The SMILES string of the molecule is Cc1nc2c(c(N3CC[NH+](C)CC3)n1)CN(C(=O)c1ccc(Cl)cc1Cl)CC2. The van der Waals surface area contributed by atoms with E-state index in [0.717, 1.165) is 55.5 Å². The van der Waals surface area contributed by atoms with Gasteiger partial charge in [-0.25, -0.2) is 9.97 Å². The summed E-state index contributed by atoms with van der Waals surface area (Å²) in [6, 6.07) is 5.00. The fraction of sp³-hybridized carbons (Fsp3) is 0.450. The molecule has 2 aromatic rings. The van der Waals surface area contributed by atoms with Crippen molar-refractivity contribution in [2.24, 2.45) is 0 Å². The third kappa shape index (κ3) is 3.81. The molecule has 3 heterocycles. The summed E-state index contributed by atoms with van der Waals surface area (Å²) in [6.07, 6.45) is 0.724. The first-order valence-electron chi connectivity index (χ1n) is 9.59. The van der Waals surface area contributed by atoms with Crippen molar-refractivity contribution in [2.75, 3.05) is 44.7 Å². The summed E-state index contributed by atoms with van der Waals surface area (Å²) in [5, 5.41) is 0.902. The topological polar surface area (TPSA) is 53.8 Å². The largest absolute Gasteiger partial charge is 0.345 e. The van der Waals surface area contributed by atoms with Gasteiger partial charge in [0.05, 0.1) is 56.1 Å². The van der Waals surface area contributed by atoms with E-state index in [-0.39, 0.29) is 5.91 Å². The van der Waals surface area contributed by atoms with Crippen molar-refractivity contribution >= 4 is 34.9 Å². The van der Waals surface area contributed by atoms with Crippen LogP contribution in [-0.4, -0.2) is 60.5 Å². The number of likely N-dealkylation sites (N-methyl/N-ethyl adjacent to an activating group) is 1.